The molecule has 1 aromatic carbocycles. The Kier molecular flexibility index (Phi) is 3.20. The Labute approximate surface area is 122 Å². The van der Waals surface area contributed by atoms with Crippen LogP contribution in [0.1, 0.15) is 37.6 Å². The van der Waals surface area contributed by atoms with Gasteiger partial charge in [-0.25, -0.2) is 0 Å². The smallest absolute Gasteiger partial charge is 0.223 e. The first-order chi connectivity index (χ1) is 10.0. The normalized spacial score (nSPS) is 21.3. The number of carbonyl (C=O) groups is 2. The Hall–Kier alpha value is -2.30. The summed E-state index contributed by atoms with van der Waals surface area (Å²) < 4.78 is 0. The lowest BCUT2D eigenvalue weighted by Crippen LogP contribution is -2.54. The van der Waals surface area contributed by atoms with Crippen LogP contribution < -0.4 is 5.11 Å². The van der Waals surface area contributed by atoms with Crippen molar-refractivity contribution in [2.45, 2.75) is 38.8 Å². The molecule has 5 nitrogen and oxygen atoms in total. The number of rotatable bonds is 2. The molecule has 0 saturated heterocycles. The molecular formula is C16H17N2O3-. The van der Waals surface area contributed by atoms with Gasteiger partial charge in [-0.05, 0) is 18.6 Å². The number of amides is 1. The molecule has 2 heterocycles. The SMILES string of the molecule is CCC(=O)N1[C@@H](C(=O)[O-])Cc2c([nH]c3ccccc23)[C@@H]1C. The minimum Gasteiger partial charge on any atom is -0.548 e. The van der Waals surface area contributed by atoms with E-state index in [2.05, 4.69) is 4.98 Å². The molecule has 0 fully saturated rings. The minimum absolute atomic E-state index is 0.166. The highest BCUT2D eigenvalue weighted by Crippen LogP contribution is 2.37. The summed E-state index contributed by atoms with van der Waals surface area (Å²) in [4.78, 5) is 28.4. The van der Waals surface area contributed by atoms with E-state index in [4.69, 9.17) is 0 Å². The molecule has 1 N–H and O–H groups in total. The number of fused-ring (bicyclic) bond motifs is 3. The number of hydrogen-bond acceptors (Lipinski definition) is 3. The van der Waals surface area contributed by atoms with Gasteiger partial charge in [-0.3, -0.25) is 4.79 Å². The van der Waals surface area contributed by atoms with Crippen LogP contribution >= 0.6 is 0 Å². The van der Waals surface area contributed by atoms with Crippen molar-refractivity contribution in [2.24, 2.45) is 0 Å². The Morgan fingerprint density at radius 3 is 2.76 bits per heavy atom. The molecule has 0 aliphatic carbocycles. The molecular weight excluding hydrogens is 268 g/mol. The zero-order valence-corrected chi connectivity index (χ0v) is 12.1. The first-order valence-electron chi connectivity index (χ1n) is 7.16. The van der Waals surface area contributed by atoms with E-state index >= 15 is 0 Å². The molecule has 0 saturated carbocycles. The highest BCUT2D eigenvalue weighted by Gasteiger charge is 2.37. The molecule has 0 spiro atoms. The summed E-state index contributed by atoms with van der Waals surface area (Å²) in [6.07, 6.45) is 0.571. The molecule has 2 atom stereocenters. The molecule has 2 aromatic rings. The van der Waals surface area contributed by atoms with Crippen molar-refractivity contribution in [1.29, 1.82) is 0 Å². The van der Waals surface area contributed by atoms with E-state index in [1.807, 2.05) is 31.2 Å². The van der Waals surface area contributed by atoms with Crippen LogP contribution in [0.3, 0.4) is 0 Å². The van der Waals surface area contributed by atoms with Gasteiger partial charge in [-0.15, -0.1) is 0 Å². The average molecular weight is 285 g/mol. The van der Waals surface area contributed by atoms with Crippen molar-refractivity contribution in [3.8, 4) is 0 Å². The van der Waals surface area contributed by atoms with Gasteiger partial charge < -0.3 is 19.8 Å². The highest BCUT2D eigenvalue weighted by molar-refractivity contribution is 5.89. The Morgan fingerprint density at radius 2 is 2.10 bits per heavy atom. The zero-order chi connectivity index (χ0) is 15.1. The predicted octanol–water partition coefficient (Wildman–Crippen LogP) is 1.14. The van der Waals surface area contributed by atoms with E-state index in [0.717, 1.165) is 22.2 Å². The van der Waals surface area contributed by atoms with Crippen LogP contribution in [0.15, 0.2) is 24.3 Å². The zero-order valence-electron chi connectivity index (χ0n) is 12.1. The lowest BCUT2D eigenvalue weighted by molar-refractivity contribution is -0.312. The topological polar surface area (TPSA) is 76.2 Å². The number of aromatic nitrogens is 1. The van der Waals surface area contributed by atoms with Crippen molar-refractivity contribution in [3.63, 3.8) is 0 Å². The molecule has 1 amide bonds. The second kappa shape index (κ2) is 4.91. The lowest BCUT2D eigenvalue weighted by atomic mass is 9.92. The van der Waals surface area contributed by atoms with Gasteiger partial charge in [-0.2, -0.15) is 0 Å². The van der Waals surface area contributed by atoms with Crippen LogP contribution in [0, 0.1) is 0 Å². The Morgan fingerprint density at radius 1 is 1.38 bits per heavy atom. The fourth-order valence-electron chi connectivity index (χ4n) is 3.27. The fraction of sp³-hybridized carbons (Fsp3) is 0.375. The number of hydrogen-bond donors (Lipinski definition) is 1. The number of carboxylic acids is 1. The van der Waals surface area contributed by atoms with Crippen molar-refractivity contribution < 1.29 is 14.7 Å². The number of aliphatic carboxylic acids is 1. The van der Waals surface area contributed by atoms with Crippen LogP contribution in [-0.4, -0.2) is 27.8 Å². The summed E-state index contributed by atoms with van der Waals surface area (Å²) in [5.41, 5.74) is 2.88. The number of para-hydroxylation sites is 1. The molecule has 5 heteroatoms. The maximum atomic E-state index is 12.1. The van der Waals surface area contributed by atoms with Crippen LogP contribution in [0.25, 0.3) is 10.9 Å². The maximum absolute atomic E-state index is 12.1. The van der Waals surface area contributed by atoms with E-state index in [0.29, 0.717) is 0 Å². The Balaban J connectivity index is 2.16. The van der Waals surface area contributed by atoms with Gasteiger partial charge in [-0.1, -0.05) is 25.1 Å². The number of carboxylic acid groups (broad SMARTS) is 1. The molecule has 1 aliphatic rings. The molecule has 0 unspecified atom stereocenters. The summed E-state index contributed by atoms with van der Waals surface area (Å²) in [5, 5.41) is 12.5. The standard InChI is InChI=1S/C16H18N2O3/c1-3-14(19)18-9(2)15-11(8-13(18)16(20)21)10-6-4-5-7-12(10)17-15/h4-7,9,13,17H,3,8H2,1-2H3,(H,20,21)/p-1/t9-,13+/m0/s1. The molecule has 0 radical (unpaired) electrons. The number of nitrogens with one attached hydrogen (secondary N) is 1. The van der Waals surface area contributed by atoms with Gasteiger partial charge in [0.15, 0.2) is 0 Å². The summed E-state index contributed by atoms with van der Waals surface area (Å²) in [6.45, 7) is 3.60. The predicted molar refractivity (Wildman–Crippen MR) is 76.3 cm³/mol. The summed E-state index contributed by atoms with van der Waals surface area (Å²) in [6, 6.07) is 6.59. The van der Waals surface area contributed by atoms with E-state index in [-0.39, 0.29) is 24.8 Å². The van der Waals surface area contributed by atoms with Crippen molar-refractivity contribution in [2.75, 3.05) is 0 Å². The third kappa shape index (κ3) is 2.00. The van der Waals surface area contributed by atoms with E-state index in [9.17, 15) is 14.7 Å². The van der Waals surface area contributed by atoms with Crippen molar-refractivity contribution in [1.82, 2.24) is 9.88 Å². The third-order valence-corrected chi connectivity index (χ3v) is 4.28. The lowest BCUT2D eigenvalue weighted by Gasteiger charge is -2.41. The quantitative estimate of drug-likeness (QED) is 0.899. The van der Waals surface area contributed by atoms with Crippen molar-refractivity contribution >= 4 is 22.8 Å². The van der Waals surface area contributed by atoms with E-state index in [1.54, 1.807) is 6.92 Å². The number of carbonyl (C=O) groups excluding carboxylic acids is 2. The van der Waals surface area contributed by atoms with Crippen LogP contribution in [0.5, 0.6) is 0 Å². The average Bonchev–Trinajstić information content (AvgIpc) is 2.85. The van der Waals surface area contributed by atoms with Crippen LogP contribution in [0.2, 0.25) is 0 Å². The van der Waals surface area contributed by atoms with Gasteiger partial charge in [0.05, 0.1) is 18.1 Å². The molecule has 0 bridgehead atoms. The summed E-state index contributed by atoms with van der Waals surface area (Å²) in [7, 11) is 0. The molecule has 110 valence electrons. The van der Waals surface area contributed by atoms with Crippen molar-refractivity contribution in [3.05, 3.63) is 35.5 Å². The van der Waals surface area contributed by atoms with Gasteiger partial charge in [0.25, 0.3) is 0 Å². The van der Waals surface area contributed by atoms with Gasteiger partial charge in [0, 0.05) is 29.4 Å². The molecule has 3 rings (SSSR count). The maximum Gasteiger partial charge on any atom is 0.223 e. The number of aromatic amines is 1. The Bertz CT molecular complexity index is 719. The second-order valence-corrected chi connectivity index (χ2v) is 5.43. The van der Waals surface area contributed by atoms with Crippen LogP contribution in [0.4, 0.5) is 0 Å². The first-order valence-corrected chi connectivity index (χ1v) is 7.16. The largest absolute Gasteiger partial charge is 0.548 e. The van der Waals surface area contributed by atoms with Gasteiger partial charge in [0.1, 0.15) is 0 Å². The third-order valence-electron chi connectivity index (χ3n) is 4.28. The molecule has 1 aliphatic heterocycles. The highest BCUT2D eigenvalue weighted by atomic mass is 16.4. The monoisotopic (exact) mass is 285 g/mol. The molecule has 21 heavy (non-hydrogen) atoms. The number of H-pyrrole nitrogens is 1. The first kappa shape index (κ1) is 13.7. The van der Waals surface area contributed by atoms with E-state index in [1.165, 1.54) is 4.90 Å². The summed E-state index contributed by atoms with van der Waals surface area (Å²) >= 11 is 0. The second-order valence-electron chi connectivity index (χ2n) is 5.43. The summed E-state index contributed by atoms with van der Waals surface area (Å²) in [5.74, 6) is -1.36. The number of benzene rings is 1. The minimum atomic E-state index is -1.19. The van der Waals surface area contributed by atoms with Gasteiger partial charge in [0.2, 0.25) is 5.91 Å². The fourth-order valence-corrected chi connectivity index (χ4v) is 3.27. The number of nitrogens with zero attached hydrogens (tertiary/aromatic N) is 1. The van der Waals surface area contributed by atoms with Gasteiger partial charge >= 0.3 is 0 Å². The van der Waals surface area contributed by atoms with E-state index < -0.39 is 12.0 Å². The van der Waals surface area contributed by atoms with Crippen LogP contribution in [-0.2, 0) is 16.0 Å². The molecule has 1 aromatic heterocycles.